The predicted molar refractivity (Wildman–Crippen MR) is 79.9 cm³/mol. The van der Waals surface area contributed by atoms with Gasteiger partial charge in [0.15, 0.2) is 10.8 Å². The number of hydrazine groups is 1. The van der Waals surface area contributed by atoms with Crippen molar-refractivity contribution in [1.82, 2.24) is 20.7 Å². The Balaban J connectivity index is 1.94. The van der Waals surface area contributed by atoms with Crippen LogP contribution in [0, 0.1) is 0 Å². The van der Waals surface area contributed by atoms with E-state index in [2.05, 4.69) is 25.7 Å². The number of amidine groups is 1. The number of rotatable bonds is 4. The first kappa shape index (κ1) is 14.2. The zero-order chi connectivity index (χ0) is 14.8. The van der Waals surface area contributed by atoms with Crippen LogP contribution in [0.5, 0.6) is 0 Å². The first-order valence-electron chi connectivity index (χ1n) is 6.69. The summed E-state index contributed by atoms with van der Waals surface area (Å²) in [5.74, 6) is 0.537. The largest absolute Gasteiger partial charge is 0.466 e. The highest BCUT2D eigenvalue weighted by atomic mass is 32.1. The Kier molecular flexibility index (Phi) is 4.00. The molecule has 2 aliphatic rings. The molecule has 0 aliphatic carbocycles. The molecule has 2 N–H and O–H groups in total. The molecule has 2 aliphatic heterocycles. The van der Waals surface area contributed by atoms with Crippen molar-refractivity contribution in [3.8, 4) is 0 Å². The Bertz CT molecular complexity index is 596. The van der Waals surface area contributed by atoms with Crippen LogP contribution in [-0.4, -0.2) is 55.0 Å². The molecule has 3 rings (SSSR count). The normalized spacial score (nSPS) is 21.3. The summed E-state index contributed by atoms with van der Waals surface area (Å²) in [5.41, 5.74) is 7.77. The van der Waals surface area contributed by atoms with Crippen LogP contribution in [-0.2, 0) is 9.53 Å². The molecule has 1 fully saturated rings. The highest BCUT2D eigenvalue weighted by Gasteiger charge is 2.37. The van der Waals surface area contributed by atoms with E-state index in [9.17, 15) is 4.79 Å². The van der Waals surface area contributed by atoms with Gasteiger partial charge in [0.05, 0.1) is 19.2 Å². The van der Waals surface area contributed by atoms with Crippen LogP contribution in [0.3, 0.4) is 0 Å². The Labute approximate surface area is 126 Å². The highest BCUT2D eigenvalue weighted by molar-refractivity contribution is 7.11. The van der Waals surface area contributed by atoms with Gasteiger partial charge < -0.3 is 9.64 Å². The lowest BCUT2D eigenvalue weighted by Crippen LogP contribution is -2.41. The fourth-order valence-electron chi connectivity index (χ4n) is 2.69. The molecule has 0 amide bonds. The maximum absolute atomic E-state index is 11.9. The van der Waals surface area contributed by atoms with Gasteiger partial charge in [-0.25, -0.2) is 9.78 Å². The molecule has 8 heteroatoms. The van der Waals surface area contributed by atoms with Gasteiger partial charge in [-0.15, -0.1) is 11.3 Å². The second-order valence-corrected chi connectivity index (χ2v) is 5.69. The number of fused-ring (bicyclic) bond motifs is 1. The third-order valence-corrected chi connectivity index (χ3v) is 4.33. The van der Waals surface area contributed by atoms with E-state index in [0.29, 0.717) is 12.1 Å². The average molecular weight is 307 g/mol. The number of thiazole rings is 1. The zero-order valence-corrected chi connectivity index (χ0v) is 12.7. The van der Waals surface area contributed by atoms with E-state index < -0.39 is 0 Å². The fourth-order valence-corrected chi connectivity index (χ4v) is 3.35. The van der Waals surface area contributed by atoms with Gasteiger partial charge in [-0.05, 0) is 7.05 Å². The van der Waals surface area contributed by atoms with Crippen molar-refractivity contribution in [2.45, 2.75) is 12.5 Å². The lowest BCUT2D eigenvalue weighted by molar-refractivity contribution is -0.136. The predicted octanol–water partition coefficient (Wildman–Crippen LogP) is 0.129. The molecule has 0 saturated carbocycles. The quantitative estimate of drug-likeness (QED) is 0.608. The van der Waals surface area contributed by atoms with E-state index in [1.807, 2.05) is 12.4 Å². The van der Waals surface area contributed by atoms with E-state index in [4.69, 9.17) is 4.74 Å². The summed E-state index contributed by atoms with van der Waals surface area (Å²) in [6, 6.07) is 0.216. The number of carbonyl (C=O) groups excluding carboxylic acids is 1. The van der Waals surface area contributed by atoms with Crippen LogP contribution < -0.4 is 10.9 Å². The number of esters is 1. The Hall–Kier alpha value is -1.77. The van der Waals surface area contributed by atoms with Crippen LogP contribution >= 0.6 is 11.3 Å². The Morgan fingerprint density at radius 2 is 2.43 bits per heavy atom. The van der Waals surface area contributed by atoms with Crippen molar-refractivity contribution >= 4 is 23.1 Å². The van der Waals surface area contributed by atoms with Crippen molar-refractivity contribution in [2.75, 3.05) is 27.2 Å². The number of methoxy groups -OCH3 is 1. The number of ether oxygens (including phenoxy) is 1. The van der Waals surface area contributed by atoms with Crippen LogP contribution in [0.4, 0.5) is 0 Å². The average Bonchev–Trinajstić information content (AvgIpc) is 3.14. The maximum atomic E-state index is 11.9. The van der Waals surface area contributed by atoms with Gasteiger partial charge in [-0.1, -0.05) is 0 Å². The number of hydrogen-bond acceptors (Lipinski definition) is 8. The number of aliphatic imine (C=N–C) groups is 1. The number of aromatic nitrogens is 1. The SMILES string of the molecule is CNNC1CC2=C(C(=O)OC)CN=C(c3nccs3)N2C1. The summed E-state index contributed by atoms with van der Waals surface area (Å²) < 4.78 is 4.88. The van der Waals surface area contributed by atoms with Crippen molar-refractivity contribution in [1.29, 1.82) is 0 Å². The summed E-state index contributed by atoms with van der Waals surface area (Å²) in [5, 5.41) is 2.80. The molecule has 1 unspecified atom stereocenters. The molecule has 21 heavy (non-hydrogen) atoms. The molecule has 0 aromatic carbocycles. The molecule has 1 aromatic heterocycles. The van der Waals surface area contributed by atoms with Crippen molar-refractivity contribution in [3.63, 3.8) is 0 Å². The first-order chi connectivity index (χ1) is 10.2. The zero-order valence-electron chi connectivity index (χ0n) is 11.9. The summed E-state index contributed by atoms with van der Waals surface area (Å²) in [7, 11) is 3.24. The molecular formula is C13H17N5O2S. The number of nitrogens with one attached hydrogen (secondary N) is 2. The van der Waals surface area contributed by atoms with Crippen LogP contribution in [0.2, 0.25) is 0 Å². The molecular weight excluding hydrogens is 290 g/mol. The number of hydrogen-bond donors (Lipinski definition) is 2. The second kappa shape index (κ2) is 5.92. The first-order valence-corrected chi connectivity index (χ1v) is 7.57. The molecule has 1 atom stereocenters. The van der Waals surface area contributed by atoms with Gasteiger partial charge in [-0.3, -0.25) is 15.8 Å². The molecule has 3 heterocycles. The van der Waals surface area contributed by atoms with Crippen molar-refractivity contribution < 1.29 is 9.53 Å². The lowest BCUT2D eigenvalue weighted by atomic mass is 10.1. The van der Waals surface area contributed by atoms with Gasteiger partial charge in [-0.2, -0.15) is 0 Å². The van der Waals surface area contributed by atoms with Gasteiger partial charge in [0.2, 0.25) is 0 Å². The molecule has 1 aromatic rings. The van der Waals surface area contributed by atoms with Crippen LogP contribution in [0.15, 0.2) is 27.8 Å². The summed E-state index contributed by atoms with van der Waals surface area (Å²) in [6.07, 6.45) is 2.52. The number of nitrogens with zero attached hydrogens (tertiary/aromatic N) is 3. The molecule has 0 bridgehead atoms. The second-order valence-electron chi connectivity index (χ2n) is 4.80. The third kappa shape index (κ3) is 2.57. The van der Waals surface area contributed by atoms with E-state index in [1.165, 1.54) is 7.11 Å². The van der Waals surface area contributed by atoms with E-state index in [1.54, 1.807) is 17.5 Å². The molecule has 0 spiro atoms. The lowest BCUT2D eigenvalue weighted by Gasteiger charge is -2.26. The third-order valence-electron chi connectivity index (χ3n) is 3.56. The van der Waals surface area contributed by atoms with Crippen molar-refractivity contribution in [3.05, 3.63) is 27.9 Å². The summed E-state index contributed by atoms with van der Waals surface area (Å²) in [6.45, 7) is 1.09. The molecule has 1 saturated heterocycles. The van der Waals surface area contributed by atoms with Crippen LogP contribution in [0.25, 0.3) is 0 Å². The maximum Gasteiger partial charge on any atom is 0.337 e. The minimum atomic E-state index is -0.304. The minimum Gasteiger partial charge on any atom is -0.466 e. The van der Waals surface area contributed by atoms with Crippen molar-refractivity contribution in [2.24, 2.45) is 4.99 Å². The minimum absolute atomic E-state index is 0.216. The Morgan fingerprint density at radius 1 is 1.57 bits per heavy atom. The molecule has 112 valence electrons. The van der Waals surface area contributed by atoms with Gasteiger partial charge in [0.25, 0.3) is 0 Å². The standard InChI is InChI=1S/C13H17N5O2S/c1-14-17-8-5-10-9(13(19)20-2)6-16-11(18(10)7-8)12-15-3-4-21-12/h3-4,8,14,17H,5-7H2,1-2H3. The smallest absolute Gasteiger partial charge is 0.337 e. The van der Waals surface area contributed by atoms with Gasteiger partial charge in [0.1, 0.15) is 0 Å². The summed E-state index contributed by atoms with van der Waals surface area (Å²) >= 11 is 1.55. The number of carbonyl (C=O) groups is 1. The highest BCUT2D eigenvalue weighted by Crippen LogP contribution is 2.31. The van der Waals surface area contributed by atoms with Crippen LogP contribution in [0.1, 0.15) is 11.4 Å². The molecule has 0 radical (unpaired) electrons. The fraction of sp³-hybridized carbons (Fsp3) is 0.462. The Morgan fingerprint density at radius 3 is 3.10 bits per heavy atom. The topological polar surface area (TPSA) is 78.8 Å². The van der Waals surface area contributed by atoms with E-state index in [0.717, 1.165) is 29.5 Å². The van der Waals surface area contributed by atoms with Gasteiger partial charge >= 0.3 is 5.97 Å². The summed E-state index contributed by atoms with van der Waals surface area (Å²) in [4.78, 5) is 22.9. The monoisotopic (exact) mass is 307 g/mol. The van der Waals surface area contributed by atoms with E-state index >= 15 is 0 Å². The van der Waals surface area contributed by atoms with E-state index in [-0.39, 0.29) is 12.0 Å². The molecule has 7 nitrogen and oxygen atoms in total. The van der Waals surface area contributed by atoms with Gasteiger partial charge in [0, 0.05) is 36.3 Å².